The summed E-state index contributed by atoms with van der Waals surface area (Å²) in [5.41, 5.74) is 8.88. The predicted octanol–water partition coefficient (Wildman–Crippen LogP) is 0.368. The van der Waals surface area contributed by atoms with Gasteiger partial charge in [-0.1, -0.05) is 24.3 Å². The van der Waals surface area contributed by atoms with E-state index in [0.717, 1.165) is 6.42 Å². The fourth-order valence-corrected chi connectivity index (χ4v) is 3.23. The van der Waals surface area contributed by atoms with Crippen LogP contribution in [0.4, 0.5) is 0 Å². The molecular weight excluding hydrogens is 279 g/mol. The number of likely N-dealkylation sites (tertiary alicyclic amines) is 1. The second-order valence-electron chi connectivity index (χ2n) is 6.26. The van der Waals surface area contributed by atoms with E-state index < -0.39 is 7.12 Å². The van der Waals surface area contributed by atoms with Gasteiger partial charge in [0.05, 0.1) is 5.94 Å². The van der Waals surface area contributed by atoms with Crippen LogP contribution < -0.4 is 5.73 Å². The first-order valence-corrected chi connectivity index (χ1v) is 7.92. The van der Waals surface area contributed by atoms with Gasteiger partial charge in [0.15, 0.2) is 0 Å². The molecule has 3 rings (SSSR count). The van der Waals surface area contributed by atoms with Gasteiger partial charge >= 0.3 is 7.12 Å². The zero-order valence-corrected chi connectivity index (χ0v) is 13.1. The number of benzene rings is 1. The minimum Gasteiger partial charge on any atom is -0.426 e. The van der Waals surface area contributed by atoms with E-state index in [0.29, 0.717) is 31.3 Å². The molecule has 0 radical (unpaired) electrons. The van der Waals surface area contributed by atoms with Crippen molar-refractivity contribution < 1.29 is 14.8 Å². The predicted molar refractivity (Wildman–Crippen MR) is 87.0 cm³/mol. The Labute approximate surface area is 132 Å². The summed E-state index contributed by atoms with van der Waals surface area (Å²) in [5, 5.41) is 17.4. The number of fused-ring (bicyclic) bond motifs is 1. The highest BCUT2D eigenvalue weighted by Crippen LogP contribution is 2.27. The SMILES string of the molecule is CC(N)C1Cc2ccccc2C1.O=CN1CCCC1B(O)O. The lowest BCUT2D eigenvalue weighted by molar-refractivity contribution is -0.118. The van der Waals surface area contributed by atoms with Crippen LogP contribution in [0, 0.1) is 5.92 Å². The molecule has 1 aromatic rings. The van der Waals surface area contributed by atoms with Gasteiger partial charge in [-0.25, -0.2) is 0 Å². The van der Waals surface area contributed by atoms with Crippen LogP contribution in [0.15, 0.2) is 24.3 Å². The van der Waals surface area contributed by atoms with Crippen molar-refractivity contribution in [1.29, 1.82) is 0 Å². The number of amides is 1. The summed E-state index contributed by atoms with van der Waals surface area (Å²) in [6, 6.07) is 9.00. The fourth-order valence-electron chi connectivity index (χ4n) is 3.23. The third-order valence-corrected chi connectivity index (χ3v) is 4.65. The van der Waals surface area contributed by atoms with Crippen LogP contribution in [-0.2, 0) is 17.6 Å². The molecule has 2 atom stereocenters. The summed E-state index contributed by atoms with van der Waals surface area (Å²) in [7, 11) is -1.38. The minimum atomic E-state index is -1.38. The lowest BCUT2D eigenvalue weighted by Gasteiger charge is -2.17. The minimum absolute atomic E-state index is 0.331. The summed E-state index contributed by atoms with van der Waals surface area (Å²) in [6.07, 6.45) is 4.57. The molecule has 1 amide bonds. The maximum absolute atomic E-state index is 10.2. The number of hydrogen-bond acceptors (Lipinski definition) is 4. The molecule has 4 N–H and O–H groups in total. The van der Waals surface area contributed by atoms with Gasteiger partial charge in [0.25, 0.3) is 0 Å². The highest BCUT2D eigenvalue weighted by Gasteiger charge is 2.32. The summed E-state index contributed by atoms with van der Waals surface area (Å²) in [4.78, 5) is 11.6. The zero-order chi connectivity index (χ0) is 16.1. The Morgan fingerprint density at radius 2 is 1.91 bits per heavy atom. The van der Waals surface area contributed by atoms with Crippen LogP contribution in [0.25, 0.3) is 0 Å². The van der Waals surface area contributed by atoms with E-state index in [1.54, 1.807) is 0 Å². The largest absolute Gasteiger partial charge is 0.475 e. The monoisotopic (exact) mass is 304 g/mol. The molecule has 0 saturated carbocycles. The van der Waals surface area contributed by atoms with Crippen LogP contribution in [0.3, 0.4) is 0 Å². The maximum Gasteiger partial charge on any atom is 0.475 e. The third kappa shape index (κ3) is 4.09. The fraction of sp³-hybridized carbons (Fsp3) is 0.562. The highest BCUT2D eigenvalue weighted by molar-refractivity contribution is 6.43. The molecule has 1 aromatic carbocycles. The summed E-state index contributed by atoms with van der Waals surface area (Å²) in [5.74, 6) is 0.292. The van der Waals surface area contributed by atoms with Crippen molar-refractivity contribution in [3.63, 3.8) is 0 Å². The number of nitrogens with zero attached hydrogens (tertiary/aromatic N) is 1. The molecule has 0 aromatic heterocycles. The molecule has 1 fully saturated rings. The van der Waals surface area contributed by atoms with Gasteiger partial charge in [0.1, 0.15) is 0 Å². The molecule has 1 heterocycles. The van der Waals surface area contributed by atoms with Gasteiger partial charge in [-0.15, -0.1) is 0 Å². The number of carbonyl (C=O) groups is 1. The second kappa shape index (κ2) is 7.76. The average molecular weight is 304 g/mol. The maximum atomic E-state index is 10.2. The molecular formula is C16H25BN2O3. The van der Waals surface area contributed by atoms with Gasteiger partial charge in [-0.3, -0.25) is 4.79 Å². The van der Waals surface area contributed by atoms with Crippen LogP contribution in [0.5, 0.6) is 0 Å². The standard InChI is InChI=1S/C11H15N.C5H10BNO3/c1-8(12)11-6-9-4-2-3-5-10(9)7-11;8-4-7-3-1-2-5(7)6(9)10/h2-5,8,11H,6-7,12H2,1H3;4-5,9-10H,1-3H2. The van der Waals surface area contributed by atoms with Gasteiger partial charge in [-0.05, 0) is 49.7 Å². The van der Waals surface area contributed by atoms with Gasteiger partial charge in [0, 0.05) is 12.6 Å². The Balaban J connectivity index is 0.000000164. The topological polar surface area (TPSA) is 86.8 Å². The summed E-state index contributed by atoms with van der Waals surface area (Å²) < 4.78 is 0. The Morgan fingerprint density at radius 1 is 1.32 bits per heavy atom. The number of hydrogen-bond donors (Lipinski definition) is 3. The smallest absolute Gasteiger partial charge is 0.426 e. The molecule has 0 bridgehead atoms. The molecule has 1 aliphatic heterocycles. The van der Waals surface area contributed by atoms with E-state index in [9.17, 15) is 4.79 Å². The van der Waals surface area contributed by atoms with E-state index in [4.69, 9.17) is 15.8 Å². The average Bonchev–Trinajstić information content (AvgIpc) is 3.14. The van der Waals surface area contributed by atoms with Crippen molar-refractivity contribution in [3.8, 4) is 0 Å². The summed E-state index contributed by atoms with van der Waals surface area (Å²) in [6.45, 7) is 2.75. The van der Waals surface area contributed by atoms with Gasteiger partial charge in [0.2, 0.25) is 6.41 Å². The van der Waals surface area contributed by atoms with Crippen molar-refractivity contribution in [2.45, 2.75) is 44.6 Å². The number of carbonyl (C=O) groups excluding carboxylic acids is 1. The molecule has 1 aliphatic carbocycles. The molecule has 6 heteroatoms. The van der Waals surface area contributed by atoms with E-state index in [1.165, 1.54) is 28.9 Å². The molecule has 120 valence electrons. The Morgan fingerprint density at radius 3 is 2.32 bits per heavy atom. The van der Waals surface area contributed by atoms with Gasteiger partial charge in [-0.2, -0.15) is 0 Å². The van der Waals surface area contributed by atoms with E-state index in [1.807, 2.05) is 0 Å². The molecule has 1 saturated heterocycles. The Bertz CT molecular complexity index is 471. The van der Waals surface area contributed by atoms with Crippen LogP contribution in [-0.4, -0.2) is 47.0 Å². The first-order chi connectivity index (χ1) is 10.5. The van der Waals surface area contributed by atoms with Crippen LogP contribution in [0.2, 0.25) is 0 Å². The zero-order valence-electron chi connectivity index (χ0n) is 13.1. The van der Waals surface area contributed by atoms with Crippen molar-refractivity contribution in [2.24, 2.45) is 11.7 Å². The normalized spacial score (nSPS) is 21.8. The van der Waals surface area contributed by atoms with E-state index >= 15 is 0 Å². The Hall–Kier alpha value is -1.37. The lowest BCUT2D eigenvalue weighted by Crippen LogP contribution is -2.41. The van der Waals surface area contributed by atoms with E-state index in [2.05, 4.69) is 31.2 Å². The number of rotatable bonds is 3. The Kier molecular flexibility index (Phi) is 6.00. The van der Waals surface area contributed by atoms with Gasteiger partial charge < -0.3 is 20.7 Å². The van der Waals surface area contributed by atoms with E-state index in [-0.39, 0.29) is 5.94 Å². The third-order valence-electron chi connectivity index (χ3n) is 4.65. The first-order valence-electron chi connectivity index (χ1n) is 7.92. The molecule has 22 heavy (non-hydrogen) atoms. The highest BCUT2D eigenvalue weighted by atomic mass is 16.4. The second-order valence-corrected chi connectivity index (χ2v) is 6.26. The van der Waals surface area contributed by atoms with Crippen molar-refractivity contribution in [3.05, 3.63) is 35.4 Å². The van der Waals surface area contributed by atoms with Crippen molar-refractivity contribution >= 4 is 13.5 Å². The summed E-state index contributed by atoms with van der Waals surface area (Å²) >= 11 is 0. The van der Waals surface area contributed by atoms with Crippen LogP contribution >= 0.6 is 0 Å². The van der Waals surface area contributed by atoms with Crippen molar-refractivity contribution in [2.75, 3.05) is 6.54 Å². The first kappa shape index (κ1) is 17.0. The molecule has 2 unspecified atom stereocenters. The molecule has 2 aliphatic rings. The lowest BCUT2D eigenvalue weighted by atomic mass is 9.78. The molecule has 0 spiro atoms. The number of nitrogens with two attached hydrogens (primary N) is 1. The molecule has 5 nitrogen and oxygen atoms in total. The quantitative estimate of drug-likeness (QED) is 0.556. The van der Waals surface area contributed by atoms with Crippen LogP contribution in [0.1, 0.15) is 30.9 Å². The van der Waals surface area contributed by atoms with Crippen molar-refractivity contribution in [1.82, 2.24) is 4.90 Å².